The normalized spacial score (nSPS) is 13.9. The number of piperidine rings is 1. The van der Waals surface area contributed by atoms with Crippen LogP contribution in [-0.2, 0) is 11.2 Å². The van der Waals surface area contributed by atoms with Gasteiger partial charge in [-0.1, -0.05) is 23.7 Å². The van der Waals surface area contributed by atoms with Gasteiger partial charge in [-0.25, -0.2) is 15.0 Å². The summed E-state index contributed by atoms with van der Waals surface area (Å²) in [5.41, 5.74) is 2.74. The fourth-order valence-corrected chi connectivity index (χ4v) is 4.99. The molecule has 4 heterocycles. The zero-order chi connectivity index (χ0) is 23.3. The number of nitrogens with one attached hydrogen (secondary N) is 1. The largest absolute Gasteiger partial charge is 0.476 e. The lowest BCUT2D eigenvalue weighted by molar-refractivity contribution is -0.120. The van der Waals surface area contributed by atoms with Gasteiger partial charge in [0.15, 0.2) is 4.96 Å². The van der Waals surface area contributed by atoms with Gasteiger partial charge >= 0.3 is 0 Å². The minimum atomic E-state index is -0.0678. The van der Waals surface area contributed by atoms with Crippen molar-refractivity contribution in [1.82, 2.24) is 24.7 Å². The van der Waals surface area contributed by atoms with E-state index in [1.165, 1.54) is 36.9 Å². The number of fused-ring (bicyclic) bond motifs is 1. The predicted octanol–water partition coefficient (Wildman–Crippen LogP) is 4.23. The molecule has 8 nitrogen and oxygen atoms in total. The lowest BCUT2D eigenvalue weighted by Gasteiger charge is -2.27. The van der Waals surface area contributed by atoms with E-state index in [2.05, 4.69) is 25.2 Å². The van der Waals surface area contributed by atoms with Crippen molar-refractivity contribution in [3.05, 3.63) is 59.0 Å². The number of aromatic nitrogens is 4. The molecule has 0 spiro atoms. The van der Waals surface area contributed by atoms with Crippen molar-refractivity contribution in [1.29, 1.82) is 0 Å². The number of nitrogens with zero attached hydrogens (tertiary/aromatic N) is 5. The molecule has 1 amide bonds. The fraction of sp³-hybridized carbons (Fsp3) is 0.333. The van der Waals surface area contributed by atoms with Crippen LogP contribution in [0, 0.1) is 0 Å². The number of rotatable bonds is 8. The third-order valence-electron chi connectivity index (χ3n) is 5.75. The molecule has 0 radical (unpaired) electrons. The van der Waals surface area contributed by atoms with Gasteiger partial charge in [-0.15, -0.1) is 11.3 Å². The average Bonchev–Trinajstić information content (AvgIpc) is 3.45. The molecule has 0 bridgehead atoms. The van der Waals surface area contributed by atoms with Gasteiger partial charge < -0.3 is 15.0 Å². The number of halogens is 1. The Labute approximate surface area is 206 Å². The summed E-state index contributed by atoms with van der Waals surface area (Å²) in [5.74, 6) is 1.35. The van der Waals surface area contributed by atoms with Crippen molar-refractivity contribution in [2.45, 2.75) is 25.7 Å². The van der Waals surface area contributed by atoms with Crippen molar-refractivity contribution in [3.63, 3.8) is 0 Å². The van der Waals surface area contributed by atoms with Gasteiger partial charge in [-0.05, 0) is 31.4 Å². The van der Waals surface area contributed by atoms with Gasteiger partial charge in [-0.2, -0.15) is 0 Å². The van der Waals surface area contributed by atoms with E-state index < -0.39 is 0 Å². The van der Waals surface area contributed by atoms with E-state index in [0.717, 1.165) is 40.8 Å². The van der Waals surface area contributed by atoms with Crippen LogP contribution >= 0.6 is 22.9 Å². The zero-order valence-corrected chi connectivity index (χ0v) is 20.2. The molecule has 4 aromatic rings. The molecule has 34 heavy (non-hydrogen) atoms. The van der Waals surface area contributed by atoms with Crippen molar-refractivity contribution < 1.29 is 9.53 Å². The highest BCUT2D eigenvalue weighted by Gasteiger charge is 2.14. The molecule has 1 saturated heterocycles. The minimum Gasteiger partial charge on any atom is -0.476 e. The number of benzene rings is 1. The Morgan fingerprint density at radius 3 is 2.79 bits per heavy atom. The van der Waals surface area contributed by atoms with Crippen molar-refractivity contribution in [2.24, 2.45) is 0 Å². The number of imidazole rings is 1. The first-order chi connectivity index (χ1) is 16.7. The Kier molecular flexibility index (Phi) is 6.92. The average molecular weight is 497 g/mol. The van der Waals surface area contributed by atoms with E-state index in [0.29, 0.717) is 24.1 Å². The van der Waals surface area contributed by atoms with Crippen LogP contribution in [0.2, 0.25) is 5.02 Å². The molecule has 10 heteroatoms. The molecule has 1 N–H and O–H groups in total. The number of anilines is 1. The van der Waals surface area contributed by atoms with Gasteiger partial charge in [0.05, 0.1) is 18.7 Å². The van der Waals surface area contributed by atoms with Gasteiger partial charge in [0.1, 0.15) is 18.8 Å². The van der Waals surface area contributed by atoms with Gasteiger partial charge in [0.2, 0.25) is 11.8 Å². The highest BCUT2D eigenvalue weighted by molar-refractivity contribution is 7.15. The second kappa shape index (κ2) is 10.4. The molecule has 1 aliphatic heterocycles. The molecule has 0 aliphatic carbocycles. The maximum atomic E-state index is 12.5. The number of ether oxygens (including phenoxy) is 1. The fourth-order valence-electron chi connectivity index (χ4n) is 3.99. The van der Waals surface area contributed by atoms with Crippen LogP contribution in [0.3, 0.4) is 0 Å². The van der Waals surface area contributed by atoms with E-state index in [1.807, 2.05) is 46.3 Å². The Hall–Kier alpha value is -3.17. The Bertz CT molecular complexity index is 1270. The monoisotopic (exact) mass is 496 g/mol. The molecule has 0 saturated carbocycles. The van der Waals surface area contributed by atoms with Crippen molar-refractivity contribution >= 4 is 39.6 Å². The van der Waals surface area contributed by atoms with Crippen molar-refractivity contribution in [2.75, 3.05) is 31.1 Å². The van der Waals surface area contributed by atoms with Crippen LogP contribution in [-0.4, -0.2) is 51.5 Å². The van der Waals surface area contributed by atoms with E-state index in [1.54, 1.807) is 0 Å². The molecule has 0 unspecified atom stereocenters. The maximum Gasteiger partial charge on any atom is 0.226 e. The minimum absolute atomic E-state index is 0.0678. The first-order valence-corrected chi connectivity index (χ1v) is 12.6. The summed E-state index contributed by atoms with van der Waals surface area (Å²) < 4.78 is 7.70. The summed E-state index contributed by atoms with van der Waals surface area (Å²) in [6, 6.07) is 9.43. The summed E-state index contributed by atoms with van der Waals surface area (Å²) in [4.78, 5) is 28.8. The Morgan fingerprint density at radius 1 is 1.15 bits per heavy atom. The summed E-state index contributed by atoms with van der Waals surface area (Å²) in [6.07, 6.45) is 7.39. The Morgan fingerprint density at radius 2 is 1.97 bits per heavy atom. The zero-order valence-electron chi connectivity index (χ0n) is 18.6. The van der Waals surface area contributed by atoms with E-state index in [4.69, 9.17) is 16.3 Å². The first kappa shape index (κ1) is 22.6. The van der Waals surface area contributed by atoms with Crippen LogP contribution in [0.15, 0.2) is 48.2 Å². The summed E-state index contributed by atoms with van der Waals surface area (Å²) in [6.45, 7) is 2.77. The smallest absolute Gasteiger partial charge is 0.226 e. The summed E-state index contributed by atoms with van der Waals surface area (Å²) >= 11 is 7.50. The molecule has 1 aromatic carbocycles. The van der Waals surface area contributed by atoms with Gasteiger partial charge in [0, 0.05) is 47.0 Å². The van der Waals surface area contributed by atoms with E-state index >= 15 is 0 Å². The molecule has 1 aliphatic rings. The quantitative estimate of drug-likeness (QED) is 0.367. The van der Waals surface area contributed by atoms with Crippen LogP contribution in [0.5, 0.6) is 5.88 Å². The van der Waals surface area contributed by atoms with Crippen LogP contribution in [0.25, 0.3) is 16.2 Å². The second-order valence-corrected chi connectivity index (χ2v) is 9.42. The molecule has 0 atom stereocenters. The number of hydrogen-bond donors (Lipinski definition) is 1. The summed E-state index contributed by atoms with van der Waals surface area (Å²) in [5, 5.41) is 5.57. The third-order valence-corrected chi connectivity index (χ3v) is 6.89. The number of carbonyl (C=O) groups is 1. The lowest BCUT2D eigenvalue weighted by atomic mass is 10.1. The summed E-state index contributed by atoms with van der Waals surface area (Å²) in [7, 11) is 0. The number of thiazole rings is 1. The standard InChI is InChI=1S/C24H25ClN6O2S/c25-18-6-4-17(5-7-18)20-14-31-19(15-34-24(31)29-20)12-22(32)26-8-11-33-23-13-21(27-16-28-23)30-9-2-1-3-10-30/h4-7,13-16H,1-3,8-12H2,(H,26,32). The van der Waals surface area contributed by atoms with E-state index in [-0.39, 0.29) is 12.3 Å². The molecular weight excluding hydrogens is 472 g/mol. The SMILES string of the molecule is O=C(Cc1csc2nc(-c3ccc(Cl)cc3)cn12)NCCOc1cc(N2CCCCC2)ncn1. The molecule has 1 fully saturated rings. The molecule has 5 rings (SSSR count). The van der Waals surface area contributed by atoms with Gasteiger partial charge in [0.25, 0.3) is 0 Å². The number of hydrogen-bond acceptors (Lipinski definition) is 7. The predicted molar refractivity (Wildman–Crippen MR) is 134 cm³/mol. The molecule has 3 aromatic heterocycles. The lowest BCUT2D eigenvalue weighted by Crippen LogP contribution is -2.30. The van der Waals surface area contributed by atoms with Crippen LogP contribution < -0.4 is 15.0 Å². The molecule has 176 valence electrons. The van der Waals surface area contributed by atoms with E-state index in [9.17, 15) is 4.79 Å². The number of amides is 1. The molecular formula is C24H25ClN6O2S. The van der Waals surface area contributed by atoms with Crippen LogP contribution in [0.4, 0.5) is 5.82 Å². The topological polar surface area (TPSA) is 84.7 Å². The number of carbonyl (C=O) groups excluding carboxylic acids is 1. The highest BCUT2D eigenvalue weighted by Crippen LogP contribution is 2.25. The maximum absolute atomic E-state index is 12.5. The van der Waals surface area contributed by atoms with Crippen molar-refractivity contribution in [3.8, 4) is 17.1 Å². The Balaban J connectivity index is 1.12. The highest BCUT2D eigenvalue weighted by atomic mass is 35.5. The second-order valence-electron chi connectivity index (χ2n) is 8.15. The first-order valence-electron chi connectivity index (χ1n) is 11.3. The third kappa shape index (κ3) is 5.31. The van der Waals surface area contributed by atoms with Gasteiger partial charge in [-0.3, -0.25) is 9.20 Å². The van der Waals surface area contributed by atoms with Crippen LogP contribution in [0.1, 0.15) is 25.0 Å².